The van der Waals surface area contributed by atoms with Crippen LogP contribution < -0.4 is 10.0 Å². The van der Waals surface area contributed by atoms with E-state index >= 15 is 0 Å². The first-order chi connectivity index (χ1) is 9.94. The molecule has 21 heavy (non-hydrogen) atoms. The van der Waals surface area contributed by atoms with Gasteiger partial charge in [-0.1, -0.05) is 6.42 Å². The van der Waals surface area contributed by atoms with Gasteiger partial charge in [0.15, 0.2) is 0 Å². The van der Waals surface area contributed by atoms with E-state index in [0.29, 0.717) is 23.3 Å². The summed E-state index contributed by atoms with van der Waals surface area (Å²) in [7, 11) is 0.544. The van der Waals surface area contributed by atoms with Gasteiger partial charge in [-0.2, -0.15) is 0 Å². The molecule has 1 aliphatic heterocycles. The molecule has 0 aromatic carbocycles. The van der Waals surface area contributed by atoms with Gasteiger partial charge in [0, 0.05) is 24.0 Å². The molecular weight excluding hydrogens is 306 g/mol. The lowest BCUT2D eigenvalue weighted by Gasteiger charge is -2.32. The van der Waals surface area contributed by atoms with Gasteiger partial charge in [-0.25, -0.2) is 13.1 Å². The van der Waals surface area contributed by atoms with Crippen LogP contribution in [0, 0.1) is 6.92 Å². The molecule has 7 heteroatoms. The van der Waals surface area contributed by atoms with Gasteiger partial charge < -0.3 is 10.2 Å². The van der Waals surface area contributed by atoms with E-state index in [1.807, 2.05) is 14.0 Å². The molecule has 1 aliphatic rings. The second-order valence-electron chi connectivity index (χ2n) is 5.68. The number of nitrogens with one attached hydrogen (secondary N) is 2. The first-order valence-corrected chi connectivity index (χ1v) is 9.68. The molecule has 1 fully saturated rings. The second-order valence-corrected chi connectivity index (χ2v) is 8.81. The van der Waals surface area contributed by atoms with Gasteiger partial charge in [0.05, 0.1) is 0 Å². The number of thiophene rings is 1. The topological polar surface area (TPSA) is 61.4 Å². The zero-order chi connectivity index (χ0) is 15.5. The first-order valence-electron chi connectivity index (χ1n) is 7.38. The Morgan fingerprint density at radius 2 is 2.19 bits per heavy atom. The summed E-state index contributed by atoms with van der Waals surface area (Å²) >= 11 is 1.35. The van der Waals surface area contributed by atoms with Gasteiger partial charge in [0.25, 0.3) is 0 Å². The van der Waals surface area contributed by atoms with E-state index in [-0.39, 0.29) is 0 Å². The molecule has 1 aromatic rings. The molecule has 0 bridgehead atoms. The van der Waals surface area contributed by atoms with Gasteiger partial charge in [0.2, 0.25) is 10.0 Å². The lowest BCUT2D eigenvalue weighted by atomic mass is 10.0. The number of nitrogens with zero attached hydrogens (tertiary/aromatic N) is 1. The van der Waals surface area contributed by atoms with Gasteiger partial charge in [0.1, 0.15) is 4.21 Å². The number of aryl methyl sites for hydroxylation is 1. The Morgan fingerprint density at radius 3 is 2.86 bits per heavy atom. The van der Waals surface area contributed by atoms with Crippen LogP contribution in [0.5, 0.6) is 0 Å². The molecule has 1 saturated heterocycles. The fraction of sp³-hybridized carbons (Fsp3) is 0.714. The van der Waals surface area contributed by atoms with Crippen molar-refractivity contribution < 1.29 is 8.42 Å². The minimum Gasteiger partial charge on any atom is -0.315 e. The summed E-state index contributed by atoms with van der Waals surface area (Å²) in [5, 5.41) is 3.07. The third-order valence-corrected chi connectivity index (χ3v) is 7.16. The van der Waals surface area contributed by atoms with Gasteiger partial charge in [-0.3, -0.25) is 0 Å². The SMILES string of the molecule is CNCc1sc(S(=O)(=O)NCC2CCCCN2C)cc1C. The van der Waals surface area contributed by atoms with Crippen LogP contribution in [0.3, 0.4) is 0 Å². The lowest BCUT2D eigenvalue weighted by Crippen LogP contribution is -2.44. The van der Waals surface area contributed by atoms with Gasteiger partial charge >= 0.3 is 0 Å². The summed E-state index contributed by atoms with van der Waals surface area (Å²) < 4.78 is 28.0. The highest BCUT2D eigenvalue weighted by atomic mass is 32.2. The summed E-state index contributed by atoms with van der Waals surface area (Å²) in [6.45, 7) is 4.21. The Labute approximate surface area is 131 Å². The summed E-state index contributed by atoms with van der Waals surface area (Å²) in [4.78, 5) is 3.32. The van der Waals surface area contributed by atoms with Crippen molar-refractivity contribution in [1.29, 1.82) is 0 Å². The maximum Gasteiger partial charge on any atom is 0.250 e. The van der Waals surface area contributed by atoms with Crippen molar-refractivity contribution in [3.05, 3.63) is 16.5 Å². The maximum atomic E-state index is 12.4. The predicted molar refractivity (Wildman–Crippen MR) is 87.3 cm³/mol. The van der Waals surface area contributed by atoms with Crippen molar-refractivity contribution in [3.63, 3.8) is 0 Å². The van der Waals surface area contributed by atoms with Crippen LogP contribution >= 0.6 is 11.3 Å². The minimum absolute atomic E-state index is 0.311. The maximum absolute atomic E-state index is 12.4. The van der Waals surface area contributed by atoms with Crippen molar-refractivity contribution in [1.82, 2.24) is 14.9 Å². The molecule has 0 aliphatic carbocycles. The van der Waals surface area contributed by atoms with Crippen LogP contribution in [-0.4, -0.2) is 46.5 Å². The van der Waals surface area contributed by atoms with E-state index in [0.717, 1.165) is 23.4 Å². The summed E-state index contributed by atoms with van der Waals surface area (Å²) in [6.07, 6.45) is 3.45. The molecule has 0 amide bonds. The van der Waals surface area contributed by atoms with Crippen LogP contribution in [0.2, 0.25) is 0 Å². The van der Waals surface area contributed by atoms with Crippen molar-refractivity contribution >= 4 is 21.4 Å². The van der Waals surface area contributed by atoms with Crippen molar-refractivity contribution in [2.24, 2.45) is 0 Å². The van der Waals surface area contributed by atoms with Gasteiger partial charge in [-0.05, 0) is 52.0 Å². The van der Waals surface area contributed by atoms with Crippen LogP contribution in [-0.2, 0) is 16.6 Å². The van der Waals surface area contributed by atoms with E-state index in [1.165, 1.54) is 24.2 Å². The van der Waals surface area contributed by atoms with Crippen LogP contribution in [0.1, 0.15) is 29.7 Å². The van der Waals surface area contributed by atoms with E-state index in [1.54, 1.807) is 6.07 Å². The zero-order valence-corrected chi connectivity index (χ0v) is 14.6. The van der Waals surface area contributed by atoms with Crippen LogP contribution in [0.4, 0.5) is 0 Å². The molecule has 0 saturated carbocycles. The van der Waals surface area contributed by atoms with E-state index in [9.17, 15) is 8.42 Å². The number of rotatable bonds is 6. The summed E-state index contributed by atoms with van der Waals surface area (Å²) in [6, 6.07) is 2.08. The fourth-order valence-electron chi connectivity index (χ4n) is 2.64. The van der Waals surface area contributed by atoms with E-state index < -0.39 is 10.0 Å². The largest absolute Gasteiger partial charge is 0.315 e. The average molecular weight is 332 g/mol. The highest BCUT2D eigenvalue weighted by Crippen LogP contribution is 2.26. The monoisotopic (exact) mass is 331 g/mol. The summed E-state index contributed by atoms with van der Waals surface area (Å²) in [5.41, 5.74) is 1.03. The molecule has 120 valence electrons. The third-order valence-electron chi connectivity index (χ3n) is 4.03. The Bertz CT molecular complexity index is 569. The number of piperidine rings is 1. The minimum atomic E-state index is -3.39. The standard InChI is InChI=1S/C14H25N3O2S2/c1-11-8-14(20-13(11)10-15-2)21(18,19)16-9-12-6-4-5-7-17(12)3/h8,12,15-16H,4-7,9-10H2,1-3H3. The Hall–Kier alpha value is -0.470. The Kier molecular flexibility index (Phi) is 5.79. The van der Waals surface area contributed by atoms with Crippen molar-refractivity contribution in [3.8, 4) is 0 Å². The Morgan fingerprint density at radius 1 is 1.43 bits per heavy atom. The Balaban J connectivity index is 2.02. The lowest BCUT2D eigenvalue weighted by molar-refractivity contribution is 0.187. The zero-order valence-electron chi connectivity index (χ0n) is 13.0. The normalized spacial score (nSPS) is 20.8. The molecule has 2 N–H and O–H groups in total. The second kappa shape index (κ2) is 7.19. The number of sulfonamides is 1. The molecule has 0 radical (unpaired) electrons. The van der Waals surface area contributed by atoms with Crippen LogP contribution in [0.15, 0.2) is 10.3 Å². The number of likely N-dealkylation sites (tertiary alicyclic amines) is 1. The molecule has 1 atom stereocenters. The smallest absolute Gasteiger partial charge is 0.250 e. The molecular formula is C14H25N3O2S2. The number of hydrogen-bond acceptors (Lipinski definition) is 5. The highest BCUT2D eigenvalue weighted by Gasteiger charge is 2.23. The highest BCUT2D eigenvalue weighted by molar-refractivity contribution is 7.91. The van der Waals surface area contributed by atoms with Crippen LogP contribution in [0.25, 0.3) is 0 Å². The van der Waals surface area contributed by atoms with Crippen molar-refractivity contribution in [2.75, 3.05) is 27.2 Å². The first kappa shape index (κ1) is 16.9. The molecule has 2 heterocycles. The number of likely N-dealkylation sites (N-methyl/N-ethyl adjacent to an activating group) is 1. The molecule has 1 aromatic heterocycles. The number of hydrogen-bond donors (Lipinski definition) is 2. The molecule has 0 spiro atoms. The summed E-state index contributed by atoms with van der Waals surface area (Å²) in [5.74, 6) is 0. The van der Waals surface area contributed by atoms with Crippen molar-refractivity contribution in [2.45, 2.75) is 43.0 Å². The van der Waals surface area contributed by atoms with E-state index in [4.69, 9.17) is 0 Å². The quantitative estimate of drug-likeness (QED) is 0.830. The van der Waals surface area contributed by atoms with E-state index in [2.05, 4.69) is 22.0 Å². The fourth-order valence-corrected chi connectivity index (χ4v) is 5.35. The molecule has 5 nitrogen and oxygen atoms in total. The molecule has 2 rings (SSSR count). The third kappa shape index (κ3) is 4.26. The average Bonchev–Trinajstić information content (AvgIpc) is 2.81. The van der Waals surface area contributed by atoms with Gasteiger partial charge in [-0.15, -0.1) is 11.3 Å². The predicted octanol–water partition coefficient (Wildman–Crippen LogP) is 1.54. The molecule has 1 unspecified atom stereocenters.